The van der Waals surface area contributed by atoms with Crippen molar-refractivity contribution in [2.24, 2.45) is 0 Å². The summed E-state index contributed by atoms with van der Waals surface area (Å²) in [7, 11) is 0. The van der Waals surface area contributed by atoms with E-state index in [1.165, 1.54) is 0 Å². The number of hydrogen-bond donors (Lipinski definition) is 2. The van der Waals surface area contributed by atoms with Crippen LogP contribution in [0.4, 0.5) is 5.82 Å². The molecule has 0 atom stereocenters. The van der Waals surface area contributed by atoms with Crippen molar-refractivity contribution >= 4 is 23.3 Å². The average molecular weight is 290 g/mol. The van der Waals surface area contributed by atoms with Crippen molar-refractivity contribution in [3.63, 3.8) is 0 Å². The summed E-state index contributed by atoms with van der Waals surface area (Å²) in [5, 5.41) is 6.47. The van der Waals surface area contributed by atoms with E-state index in [1.807, 2.05) is 31.2 Å². The summed E-state index contributed by atoms with van der Waals surface area (Å²) < 4.78 is 0. The number of carbonyl (C=O) groups is 1. The summed E-state index contributed by atoms with van der Waals surface area (Å²) in [6.45, 7) is 3.05. The molecule has 104 valence electrons. The van der Waals surface area contributed by atoms with Crippen LogP contribution in [0.15, 0.2) is 42.6 Å². The maximum atomic E-state index is 11.9. The first-order valence-electron chi connectivity index (χ1n) is 6.36. The Bertz CT molecular complexity index is 584. The molecule has 2 N–H and O–H groups in total. The number of benzene rings is 1. The van der Waals surface area contributed by atoms with Gasteiger partial charge < -0.3 is 10.6 Å². The molecule has 1 aromatic carbocycles. The van der Waals surface area contributed by atoms with Gasteiger partial charge in [0.05, 0.1) is 5.02 Å². The average Bonchev–Trinajstić information content (AvgIpc) is 2.46. The molecule has 0 spiro atoms. The lowest BCUT2D eigenvalue weighted by Gasteiger charge is -2.08. The van der Waals surface area contributed by atoms with Crippen LogP contribution in [0.25, 0.3) is 0 Å². The first-order valence-corrected chi connectivity index (χ1v) is 6.74. The number of halogens is 1. The van der Waals surface area contributed by atoms with Gasteiger partial charge in [-0.3, -0.25) is 4.79 Å². The molecule has 1 heterocycles. The molecule has 2 aromatic rings. The van der Waals surface area contributed by atoms with Crippen LogP contribution in [0.2, 0.25) is 5.02 Å². The standard InChI is InChI=1S/C15H16ClN3O/c1-11-4-6-12(7-5-11)15(20)19-10-9-18-14-13(16)3-2-8-17-14/h2-8H,9-10H2,1H3,(H,17,18)(H,19,20). The maximum absolute atomic E-state index is 11.9. The van der Waals surface area contributed by atoms with Crippen LogP contribution in [0.3, 0.4) is 0 Å². The fourth-order valence-electron chi connectivity index (χ4n) is 1.68. The summed E-state index contributed by atoms with van der Waals surface area (Å²) in [5.74, 6) is 0.540. The quantitative estimate of drug-likeness (QED) is 0.832. The molecule has 0 saturated heterocycles. The second-order valence-electron chi connectivity index (χ2n) is 4.38. The zero-order chi connectivity index (χ0) is 14.4. The van der Waals surface area contributed by atoms with Crippen LogP contribution in [0.5, 0.6) is 0 Å². The molecular weight excluding hydrogens is 274 g/mol. The summed E-state index contributed by atoms with van der Waals surface area (Å²) in [4.78, 5) is 16.0. The third kappa shape index (κ3) is 3.96. The zero-order valence-electron chi connectivity index (χ0n) is 11.2. The predicted octanol–water partition coefficient (Wildman–Crippen LogP) is 2.89. The van der Waals surface area contributed by atoms with E-state index in [0.29, 0.717) is 29.5 Å². The Morgan fingerprint density at radius 1 is 1.20 bits per heavy atom. The smallest absolute Gasteiger partial charge is 0.251 e. The van der Waals surface area contributed by atoms with Gasteiger partial charge in [0, 0.05) is 24.8 Å². The number of nitrogens with one attached hydrogen (secondary N) is 2. The molecular formula is C15H16ClN3O. The number of hydrogen-bond acceptors (Lipinski definition) is 3. The SMILES string of the molecule is Cc1ccc(C(=O)NCCNc2ncccc2Cl)cc1. The Morgan fingerprint density at radius 2 is 1.95 bits per heavy atom. The number of aromatic nitrogens is 1. The molecule has 0 aliphatic rings. The van der Waals surface area contributed by atoms with Crippen molar-refractivity contribution in [1.82, 2.24) is 10.3 Å². The van der Waals surface area contributed by atoms with E-state index >= 15 is 0 Å². The minimum atomic E-state index is -0.0843. The fourth-order valence-corrected chi connectivity index (χ4v) is 1.87. The molecule has 5 heteroatoms. The van der Waals surface area contributed by atoms with Crippen molar-refractivity contribution in [3.05, 3.63) is 58.7 Å². The van der Waals surface area contributed by atoms with Gasteiger partial charge >= 0.3 is 0 Å². The van der Waals surface area contributed by atoms with Crippen molar-refractivity contribution in [3.8, 4) is 0 Å². The maximum Gasteiger partial charge on any atom is 0.251 e. The van der Waals surface area contributed by atoms with E-state index in [-0.39, 0.29) is 5.91 Å². The van der Waals surface area contributed by atoms with E-state index < -0.39 is 0 Å². The third-order valence-corrected chi connectivity index (χ3v) is 3.08. The third-order valence-electron chi connectivity index (χ3n) is 2.78. The van der Waals surface area contributed by atoms with Crippen LogP contribution in [-0.2, 0) is 0 Å². The second-order valence-corrected chi connectivity index (χ2v) is 4.79. The highest BCUT2D eigenvalue weighted by atomic mass is 35.5. The fraction of sp³-hybridized carbons (Fsp3) is 0.200. The number of nitrogens with zero attached hydrogens (tertiary/aromatic N) is 1. The molecule has 2 rings (SSSR count). The summed E-state index contributed by atoms with van der Waals surface area (Å²) in [5.41, 5.74) is 1.79. The minimum absolute atomic E-state index is 0.0843. The van der Waals surface area contributed by atoms with Gasteiger partial charge in [-0.1, -0.05) is 29.3 Å². The van der Waals surface area contributed by atoms with Crippen molar-refractivity contribution < 1.29 is 4.79 Å². The molecule has 0 aliphatic heterocycles. The lowest BCUT2D eigenvalue weighted by Crippen LogP contribution is -2.28. The van der Waals surface area contributed by atoms with Gasteiger partial charge in [-0.2, -0.15) is 0 Å². The Hall–Kier alpha value is -2.07. The highest BCUT2D eigenvalue weighted by Gasteiger charge is 2.04. The molecule has 0 bridgehead atoms. The van der Waals surface area contributed by atoms with Crippen LogP contribution in [-0.4, -0.2) is 24.0 Å². The van der Waals surface area contributed by atoms with E-state index in [2.05, 4.69) is 15.6 Å². The van der Waals surface area contributed by atoms with E-state index in [1.54, 1.807) is 18.3 Å². The Morgan fingerprint density at radius 3 is 2.65 bits per heavy atom. The molecule has 0 radical (unpaired) electrons. The topological polar surface area (TPSA) is 54.0 Å². The van der Waals surface area contributed by atoms with Gasteiger partial charge in [0.2, 0.25) is 0 Å². The number of rotatable bonds is 5. The second kappa shape index (κ2) is 6.91. The molecule has 4 nitrogen and oxygen atoms in total. The van der Waals surface area contributed by atoms with Crippen molar-refractivity contribution in [1.29, 1.82) is 0 Å². The Kier molecular flexibility index (Phi) is 4.96. The number of carbonyl (C=O) groups excluding carboxylic acids is 1. The van der Waals surface area contributed by atoms with Crippen molar-refractivity contribution in [2.45, 2.75) is 6.92 Å². The molecule has 0 saturated carbocycles. The highest BCUT2D eigenvalue weighted by Crippen LogP contribution is 2.16. The number of pyridine rings is 1. The van der Waals surface area contributed by atoms with Crippen LogP contribution in [0.1, 0.15) is 15.9 Å². The first kappa shape index (κ1) is 14.3. The van der Waals surface area contributed by atoms with E-state index in [9.17, 15) is 4.79 Å². The van der Waals surface area contributed by atoms with Gasteiger partial charge in [0.25, 0.3) is 5.91 Å². The van der Waals surface area contributed by atoms with Crippen LogP contribution in [0, 0.1) is 6.92 Å². The minimum Gasteiger partial charge on any atom is -0.367 e. The van der Waals surface area contributed by atoms with Gasteiger partial charge in [-0.05, 0) is 31.2 Å². The summed E-state index contributed by atoms with van der Waals surface area (Å²) in [6.07, 6.45) is 1.67. The van der Waals surface area contributed by atoms with Crippen LogP contribution >= 0.6 is 11.6 Å². The summed E-state index contributed by atoms with van der Waals surface area (Å²) >= 11 is 5.96. The van der Waals surface area contributed by atoms with Gasteiger partial charge in [0.1, 0.15) is 5.82 Å². The van der Waals surface area contributed by atoms with E-state index in [0.717, 1.165) is 5.56 Å². The number of aryl methyl sites for hydroxylation is 1. The molecule has 20 heavy (non-hydrogen) atoms. The van der Waals surface area contributed by atoms with Gasteiger partial charge in [0.15, 0.2) is 0 Å². The van der Waals surface area contributed by atoms with Gasteiger partial charge in [-0.15, -0.1) is 0 Å². The van der Waals surface area contributed by atoms with Crippen LogP contribution < -0.4 is 10.6 Å². The molecule has 0 aliphatic carbocycles. The Labute approximate surface area is 123 Å². The summed E-state index contributed by atoms with van der Waals surface area (Å²) in [6, 6.07) is 11.0. The number of anilines is 1. The first-order chi connectivity index (χ1) is 9.66. The molecule has 0 unspecified atom stereocenters. The normalized spacial score (nSPS) is 10.1. The molecule has 0 fully saturated rings. The van der Waals surface area contributed by atoms with E-state index in [4.69, 9.17) is 11.6 Å². The van der Waals surface area contributed by atoms with Gasteiger partial charge in [-0.25, -0.2) is 4.98 Å². The lowest BCUT2D eigenvalue weighted by atomic mass is 10.1. The number of amides is 1. The monoisotopic (exact) mass is 289 g/mol. The Balaban J connectivity index is 1.77. The predicted molar refractivity (Wildman–Crippen MR) is 81.2 cm³/mol. The zero-order valence-corrected chi connectivity index (χ0v) is 11.9. The molecule has 1 amide bonds. The highest BCUT2D eigenvalue weighted by molar-refractivity contribution is 6.32. The van der Waals surface area contributed by atoms with Crippen molar-refractivity contribution in [2.75, 3.05) is 18.4 Å². The lowest BCUT2D eigenvalue weighted by molar-refractivity contribution is 0.0955. The largest absolute Gasteiger partial charge is 0.367 e. The molecule has 1 aromatic heterocycles.